The number of allylic oxidation sites excluding steroid dienone is 3. The van der Waals surface area contributed by atoms with Crippen LogP contribution in [0, 0.1) is 5.92 Å². The third-order valence-corrected chi connectivity index (χ3v) is 10.00. The Balaban J connectivity index is 1.10. The first-order valence-electron chi connectivity index (χ1n) is 17.1. The van der Waals surface area contributed by atoms with Crippen molar-refractivity contribution in [3.05, 3.63) is 175 Å². The molecule has 50 heavy (non-hydrogen) atoms. The van der Waals surface area contributed by atoms with Crippen LogP contribution in [0.5, 0.6) is 0 Å². The number of hydrogen-bond acceptors (Lipinski definition) is 4. The molecule has 0 amide bonds. The number of para-hydroxylation sites is 2. The van der Waals surface area contributed by atoms with Crippen molar-refractivity contribution in [1.82, 2.24) is 9.88 Å². The number of benzene rings is 6. The molecule has 2 aromatic heterocycles. The van der Waals surface area contributed by atoms with Gasteiger partial charge in [0, 0.05) is 27.5 Å². The average Bonchev–Trinajstić information content (AvgIpc) is 3.73. The molecule has 0 spiro atoms. The van der Waals surface area contributed by atoms with Gasteiger partial charge >= 0.3 is 0 Å². The lowest BCUT2D eigenvalue weighted by Gasteiger charge is -2.27. The molecular formula is C45H32N4O. The summed E-state index contributed by atoms with van der Waals surface area (Å²) >= 11 is 0. The van der Waals surface area contributed by atoms with Crippen LogP contribution in [-0.2, 0) is 0 Å². The second-order valence-electron chi connectivity index (χ2n) is 13.0. The van der Waals surface area contributed by atoms with Crippen LogP contribution in [0.4, 0.5) is 0 Å². The number of nitrogens with zero attached hydrogens (tertiary/aromatic N) is 3. The van der Waals surface area contributed by atoms with E-state index in [1.54, 1.807) is 0 Å². The van der Waals surface area contributed by atoms with Gasteiger partial charge in [0.2, 0.25) is 5.96 Å². The van der Waals surface area contributed by atoms with Crippen LogP contribution in [0.1, 0.15) is 23.7 Å². The molecule has 2 aliphatic rings. The van der Waals surface area contributed by atoms with E-state index in [-0.39, 0.29) is 12.1 Å². The molecule has 8 aromatic rings. The van der Waals surface area contributed by atoms with Gasteiger partial charge in [-0.25, -0.2) is 9.98 Å². The normalized spacial score (nSPS) is 17.6. The maximum Gasteiger partial charge on any atom is 0.211 e. The largest absolute Gasteiger partial charge is 0.456 e. The summed E-state index contributed by atoms with van der Waals surface area (Å²) in [5, 5.41) is 8.34. The smallest absolute Gasteiger partial charge is 0.211 e. The van der Waals surface area contributed by atoms with E-state index < -0.39 is 0 Å². The Morgan fingerprint density at radius 3 is 2.12 bits per heavy atom. The van der Waals surface area contributed by atoms with E-state index in [4.69, 9.17) is 14.4 Å². The second kappa shape index (κ2) is 11.6. The molecule has 3 heterocycles. The standard InChI is InChI=1S/C45H32N4O/c1-3-11-29(12-4-1)30-19-21-32(22-20-30)44-46-43(31-13-5-2-6-14-31)47-45(48-44)49-39-17-9-7-15-35(39)36-25-23-34(28-40(36)49)33-24-26-42-38(27-33)37-16-8-10-18-41(37)50-42/h1-21,23-28,32,43H,22H2,(H,46,47,48). The van der Waals surface area contributed by atoms with E-state index in [1.807, 2.05) is 18.2 Å². The minimum absolute atomic E-state index is 0.0966. The summed E-state index contributed by atoms with van der Waals surface area (Å²) < 4.78 is 8.42. The molecule has 6 aromatic carbocycles. The molecule has 1 aliphatic heterocycles. The van der Waals surface area contributed by atoms with Crippen molar-refractivity contribution < 1.29 is 4.42 Å². The highest BCUT2D eigenvalue weighted by atomic mass is 16.3. The number of aromatic nitrogens is 1. The van der Waals surface area contributed by atoms with Crippen LogP contribution in [-0.4, -0.2) is 16.4 Å². The zero-order chi connectivity index (χ0) is 33.0. The highest BCUT2D eigenvalue weighted by Crippen LogP contribution is 2.37. The molecule has 0 bridgehead atoms. The lowest BCUT2D eigenvalue weighted by molar-refractivity contribution is 0.669. The molecule has 238 valence electrons. The quantitative estimate of drug-likeness (QED) is 0.207. The molecule has 1 aliphatic carbocycles. The minimum atomic E-state index is -0.369. The van der Waals surface area contributed by atoms with Crippen LogP contribution in [0.25, 0.3) is 60.4 Å². The Morgan fingerprint density at radius 1 is 0.580 bits per heavy atom. The number of rotatable bonds is 4. The Hall–Kier alpha value is -6.46. The summed E-state index contributed by atoms with van der Waals surface area (Å²) in [6, 6.07) is 51.0. The Morgan fingerprint density at radius 2 is 1.28 bits per heavy atom. The maximum atomic E-state index is 6.14. The van der Waals surface area contributed by atoms with Crippen LogP contribution < -0.4 is 5.32 Å². The van der Waals surface area contributed by atoms with Gasteiger partial charge in [0.05, 0.1) is 11.0 Å². The number of amidine groups is 1. The van der Waals surface area contributed by atoms with Gasteiger partial charge in [-0.3, -0.25) is 4.57 Å². The molecule has 5 nitrogen and oxygen atoms in total. The summed E-state index contributed by atoms with van der Waals surface area (Å²) in [6.07, 6.45) is 7.30. The predicted octanol–water partition coefficient (Wildman–Crippen LogP) is 10.9. The first kappa shape index (κ1) is 28.5. The van der Waals surface area contributed by atoms with Crippen LogP contribution in [0.2, 0.25) is 0 Å². The van der Waals surface area contributed by atoms with Gasteiger partial charge in [0.1, 0.15) is 17.0 Å². The molecule has 2 unspecified atom stereocenters. The van der Waals surface area contributed by atoms with Crippen molar-refractivity contribution in [2.45, 2.75) is 12.6 Å². The van der Waals surface area contributed by atoms with Gasteiger partial charge < -0.3 is 9.73 Å². The molecule has 2 atom stereocenters. The van der Waals surface area contributed by atoms with Crippen LogP contribution in [0.3, 0.4) is 0 Å². The number of aliphatic imine (C=N–C) groups is 2. The van der Waals surface area contributed by atoms with E-state index >= 15 is 0 Å². The fraction of sp³-hybridized carbons (Fsp3) is 0.0667. The molecule has 10 rings (SSSR count). The second-order valence-corrected chi connectivity index (χ2v) is 13.0. The fourth-order valence-corrected chi connectivity index (χ4v) is 7.48. The van der Waals surface area contributed by atoms with Gasteiger partial charge in [0.25, 0.3) is 0 Å². The topological polar surface area (TPSA) is 54.8 Å². The van der Waals surface area contributed by atoms with Crippen molar-refractivity contribution >= 4 is 61.1 Å². The van der Waals surface area contributed by atoms with E-state index in [9.17, 15) is 0 Å². The first-order valence-corrected chi connectivity index (χ1v) is 17.1. The van der Waals surface area contributed by atoms with Gasteiger partial charge in [-0.2, -0.15) is 0 Å². The minimum Gasteiger partial charge on any atom is -0.456 e. The van der Waals surface area contributed by atoms with E-state index in [2.05, 4.69) is 156 Å². The molecule has 0 saturated carbocycles. The molecule has 5 heteroatoms. The Kier molecular flexibility index (Phi) is 6.62. The molecule has 0 fully saturated rings. The highest BCUT2D eigenvalue weighted by Gasteiger charge is 2.27. The van der Waals surface area contributed by atoms with Crippen LogP contribution >= 0.6 is 0 Å². The number of furan rings is 1. The Labute approximate surface area is 289 Å². The maximum absolute atomic E-state index is 6.14. The molecular weight excluding hydrogens is 613 g/mol. The van der Waals surface area contributed by atoms with Gasteiger partial charge in [-0.05, 0) is 64.6 Å². The average molecular weight is 645 g/mol. The first-order chi connectivity index (χ1) is 24.8. The SMILES string of the molecule is C1=CC(C2=NC(c3ccccc3)N=C(n3c4ccccc4c4ccc(-c5ccc6oc7ccccc7c6c5)cc43)N2)CC=C1c1ccccc1. The highest BCUT2D eigenvalue weighted by molar-refractivity contribution is 6.17. The lowest BCUT2D eigenvalue weighted by Crippen LogP contribution is -2.42. The van der Waals surface area contributed by atoms with Gasteiger partial charge in [-0.1, -0.05) is 133 Å². The van der Waals surface area contributed by atoms with Crippen molar-refractivity contribution in [2.75, 3.05) is 0 Å². The van der Waals surface area contributed by atoms with Gasteiger partial charge in [-0.15, -0.1) is 0 Å². The zero-order valence-corrected chi connectivity index (χ0v) is 27.2. The third-order valence-electron chi connectivity index (χ3n) is 10.00. The summed E-state index contributed by atoms with van der Waals surface area (Å²) in [4.78, 5) is 10.5. The van der Waals surface area contributed by atoms with Crippen molar-refractivity contribution in [2.24, 2.45) is 15.9 Å². The molecule has 0 radical (unpaired) electrons. The fourth-order valence-electron chi connectivity index (χ4n) is 7.48. The molecule has 0 saturated heterocycles. The van der Waals surface area contributed by atoms with Gasteiger partial charge in [0.15, 0.2) is 6.17 Å². The van der Waals surface area contributed by atoms with Crippen molar-refractivity contribution in [1.29, 1.82) is 0 Å². The summed E-state index contributed by atoms with van der Waals surface area (Å²) in [7, 11) is 0. The predicted molar refractivity (Wildman–Crippen MR) is 206 cm³/mol. The van der Waals surface area contributed by atoms with E-state index in [1.165, 1.54) is 21.9 Å². The Bertz CT molecular complexity index is 2710. The van der Waals surface area contributed by atoms with E-state index in [0.29, 0.717) is 0 Å². The number of fused-ring (bicyclic) bond motifs is 6. The zero-order valence-electron chi connectivity index (χ0n) is 27.2. The van der Waals surface area contributed by atoms with Crippen molar-refractivity contribution in [3.63, 3.8) is 0 Å². The number of hydrogen-bond donors (Lipinski definition) is 1. The lowest BCUT2D eigenvalue weighted by atomic mass is 9.92. The van der Waals surface area contributed by atoms with E-state index in [0.717, 1.165) is 67.9 Å². The summed E-state index contributed by atoms with van der Waals surface area (Å²) in [6.45, 7) is 0. The monoisotopic (exact) mass is 644 g/mol. The molecule has 1 N–H and O–H groups in total. The summed E-state index contributed by atoms with van der Waals surface area (Å²) in [5.74, 6) is 1.79. The number of nitrogens with one attached hydrogen (secondary N) is 1. The summed E-state index contributed by atoms with van der Waals surface area (Å²) in [5.41, 5.74) is 9.78. The third kappa shape index (κ3) is 4.78. The van der Waals surface area contributed by atoms with Crippen LogP contribution in [0.15, 0.2) is 178 Å². The van der Waals surface area contributed by atoms with Crippen molar-refractivity contribution in [3.8, 4) is 11.1 Å².